The Labute approximate surface area is 215 Å². The van der Waals surface area contributed by atoms with Crippen LogP contribution in [0.4, 0.5) is 11.5 Å². The number of fused-ring (bicyclic) bond motifs is 1. The molecule has 0 bridgehead atoms. The van der Waals surface area contributed by atoms with Crippen molar-refractivity contribution in [3.63, 3.8) is 0 Å². The van der Waals surface area contributed by atoms with Crippen molar-refractivity contribution < 1.29 is 14.3 Å². The second kappa shape index (κ2) is 10.5. The molecule has 0 saturated carbocycles. The number of carbonyl (C=O) groups excluding carboxylic acids is 2. The molecule has 5 aromatic rings. The first-order valence-corrected chi connectivity index (χ1v) is 12.1. The summed E-state index contributed by atoms with van der Waals surface area (Å²) in [6.45, 7) is 0.554. The molecule has 12 heteroatoms. The number of hydrogen-bond acceptors (Lipinski definition) is 9. The number of ether oxygens (including phenoxy) is 1. The Morgan fingerprint density at radius 1 is 1.14 bits per heavy atom. The van der Waals surface area contributed by atoms with Gasteiger partial charge in [-0.25, -0.2) is 9.97 Å². The Morgan fingerprint density at radius 3 is 2.81 bits per heavy atom. The molecule has 0 atom stereocenters. The number of thiazole rings is 1. The molecule has 0 aliphatic rings. The van der Waals surface area contributed by atoms with E-state index in [0.29, 0.717) is 34.3 Å². The second-order valence-electron chi connectivity index (χ2n) is 8.07. The van der Waals surface area contributed by atoms with Crippen LogP contribution >= 0.6 is 11.3 Å². The third kappa shape index (κ3) is 5.60. The van der Waals surface area contributed by atoms with E-state index in [1.165, 1.54) is 11.3 Å². The first kappa shape index (κ1) is 24.0. The fourth-order valence-electron chi connectivity index (χ4n) is 3.71. The minimum atomic E-state index is -0.528. The number of hydrogen-bond donors (Lipinski definition) is 3. The number of primary amides is 1. The van der Waals surface area contributed by atoms with Gasteiger partial charge in [-0.2, -0.15) is 5.10 Å². The van der Waals surface area contributed by atoms with Crippen LogP contribution in [0, 0.1) is 0 Å². The summed E-state index contributed by atoms with van der Waals surface area (Å²) in [6, 6.07) is 11.0. The Balaban J connectivity index is 1.45. The summed E-state index contributed by atoms with van der Waals surface area (Å²) in [7, 11) is 0. The SMILES string of the molecule is NC(=O)COCCn1cc2cc(NC(=O)c3csc(-c4cccnc4)n3)c(-c3ccnc(N)c3)cc2n1. The largest absolute Gasteiger partial charge is 0.384 e. The van der Waals surface area contributed by atoms with Crippen molar-refractivity contribution >= 4 is 45.6 Å². The average Bonchev–Trinajstić information content (AvgIpc) is 3.54. The summed E-state index contributed by atoms with van der Waals surface area (Å²) in [6.07, 6.45) is 6.84. The van der Waals surface area contributed by atoms with E-state index in [4.69, 9.17) is 16.2 Å². The highest BCUT2D eigenvalue weighted by molar-refractivity contribution is 7.13. The second-order valence-corrected chi connectivity index (χ2v) is 8.93. The van der Waals surface area contributed by atoms with Gasteiger partial charge in [-0.3, -0.25) is 19.3 Å². The molecule has 0 aliphatic heterocycles. The Kier molecular flexibility index (Phi) is 6.83. The van der Waals surface area contributed by atoms with E-state index in [0.717, 1.165) is 22.1 Å². The Bertz CT molecular complexity index is 1580. The lowest BCUT2D eigenvalue weighted by molar-refractivity contribution is -0.122. The number of nitrogen functional groups attached to an aromatic ring is 1. The maximum absolute atomic E-state index is 13.2. The Hall–Kier alpha value is -4.68. The number of nitrogens with two attached hydrogens (primary N) is 2. The van der Waals surface area contributed by atoms with Gasteiger partial charge in [0.2, 0.25) is 5.91 Å². The summed E-state index contributed by atoms with van der Waals surface area (Å²) in [5, 5.41) is 10.8. The van der Waals surface area contributed by atoms with Gasteiger partial charge < -0.3 is 21.5 Å². The van der Waals surface area contributed by atoms with Crippen LogP contribution in [0.15, 0.2) is 66.6 Å². The molecule has 0 aliphatic carbocycles. The summed E-state index contributed by atoms with van der Waals surface area (Å²) in [4.78, 5) is 36.7. The molecule has 0 spiro atoms. The monoisotopic (exact) mass is 514 g/mol. The lowest BCUT2D eigenvalue weighted by atomic mass is 10.0. The first-order chi connectivity index (χ1) is 18.0. The predicted octanol–water partition coefficient (Wildman–Crippen LogP) is 2.95. The lowest BCUT2D eigenvalue weighted by Gasteiger charge is -2.11. The van der Waals surface area contributed by atoms with E-state index >= 15 is 0 Å². The van der Waals surface area contributed by atoms with E-state index in [2.05, 4.69) is 25.4 Å². The number of amides is 2. The summed E-state index contributed by atoms with van der Waals surface area (Å²) >= 11 is 1.37. The number of aromatic nitrogens is 5. The van der Waals surface area contributed by atoms with Gasteiger partial charge in [0.05, 0.1) is 18.7 Å². The van der Waals surface area contributed by atoms with Gasteiger partial charge in [-0.15, -0.1) is 11.3 Å². The molecule has 5 rings (SSSR count). The minimum Gasteiger partial charge on any atom is -0.384 e. The quantitative estimate of drug-likeness (QED) is 0.253. The van der Waals surface area contributed by atoms with Crippen molar-refractivity contribution in [1.82, 2.24) is 24.7 Å². The molecule has 0 fully saturated rings. The third-order valence-corrected chi connectivity index (χ3v) is 6.28. The average molecular weight is 515 g/mol. The number of carbonyl (C=O) groups is 2. The van der Waals surface area contributed by atoms with Gasteiger partial charge in [0.15, 0.2) is 0 Å². The van der Waals surface area contributed by atoms with Gasteiger partial charge >= 0.3 is 0 Å². The molecule has 11 nitrogen and oxygen atoms in total. The predicted molar refractivity (Wildman–Crippen MR) is 141 cm³/mol. The highest BCUT2D eigenvalue weighted by atomic mass is 32.1. The molecule has 2 amide bonds. The van der Waals surface area contributed by atoms with E-state index in [1.807, 2.05) is 36.5 Å². The zero-order chi connectivity index (χ0) is 25.8. The van der Waals surface area contributed by atoms with E-state index in [1.54, 1.807) is 34.7 Å². The van der Waals surface area contributed by atoms with Crippen LogP contribution in [-0.4, -0.2) is 49.8 Å². The van der Waals surface area contributed by atoms with Gasteiger partial charge in [0.1, 0.15) is 23.1 Å². The highest BCUT2D eigenvalue weighted by Crippen LogP contribution is 2.33. The van der Waals surface area contributed by atoms with Gasteiger partial charge in [-0.1, -0.05) is 0 Å². The smallest absolute Gasteiger partial charge is 0.275 e. The van der Waals surface area contributed by atoms with E-state index in [9.17, 15) is 9.59 Å². The molecular weight excluding hydrogens is 492 g/mol. The summed E-state index contributed by atoms with van der Waals surface area (Å²) in [5.74, 6) is -0.520. The number of rotatable bonds is 9. The number of nitrogens with one attached hydrogen (secondary N) is 1. The lowest BCUT2D eigenvalue weighted by Crippen LogP contribution is -2.19. The minimum absolute atomic E-state index is 0.149. The Morgan fingerprint density at radius 2 is 2.03 bits per heavy atom. The number of anilines is 2. The van der Waals surface area contributed by atoms with Gasteiger partial charge in [0.25, 0.3) is 5.91 Å². The molecular formula is C25H22N8O3S. The molecule has 1 aromatic carbocycles. The number of nitrogens with zero attached hydrogens (tertiary/aromatic N) is 5. The number of benzene rings is 1. The van der Waals surface area contributed by atoms with Crippen molar-refractivity contribution in [2.24, 2.45) is 5.73 Å². The van der Waals surface area contributed by atoms with Crippen molar-refractivity contribution in [2.45, 2.75) is 6.54 Å². The zero-order valence-electron chi connectivity index (χ0n) is 19.5. The standard InChI is InChI=1S/C25H22N8O3S/c26-22-9-15(3-5-29-22)18-10-19-17(12-33(32-19)6-7-36-13-23(27)34)8-20(18)30-24(35)21-14-37-25(31-21)16-2-1-4-28-11-16/h1-5,8-12,14H,6-7,13H2,(H2,26,29)(H2,27,34)(H,30,35). The van der Waals surface area contributed by atoms with Crippen LogP contribution in [-0.2, 0) is 16.1 Å². The summed E-state index contributed by atoms with van der Waals surface area (Å²) in [5.41, 5.74) is 15.0. The zero-order valence-corrected chi connectivity index (χ0v) is 20.3. The van der Waals surface area contributed by atoms with Crippen molar-refractivity contribution in [3.8, 4) is 21.7 Å². The molecule has 4 aromatic heterocycles. The summed E-state index contributed by atoms with van der Waals surface area (Å²) < 4.78 is 6.95. The molecule has 0 radical (unpaired) electrons. The molecule has 4 heterocycles. The molecule has 0 saturated heterocycles. The third-order valence-electron chi connectivity index (χ3n) is 5.39. The number of pyridine rings is 2. The van der Waals surface area contributed by atoms with Crippen molar-refractivity contribution in [1.29, 1.82) is 0 Å². The van der Waals surface area contributed by atoms with Crippen molar-refractivity contribution in [3.05, 3.63) is 72.3 Å². The van der Waals surface area contributed by atoms with Crippen LogP contribution in [0.2, 0.25) is 0 Å². The highest BCUT2D eigenvalue weighted by Gasteiger charge is 2.17. The fourth-order valence-corrected chi connectivity index (χ4v) is 4.50. The topological polar surface area (TPSA) is 164 Å². The van der Waals surface area contributed by atoms with Crippen LogP contribution < -0.4 is 16.8 Å². The van der Waals surface area contributed by atoms with Gasteiger partial charge in [-0.05, 0) is 42.0 Å². The van der Waals surface area contributed by atoms with Crippen LogP contribution in [0.3, 0.4) is 0 Å². The van der Waals surface area contributed by atoms with Crippen LogP contribution in [0.25, 0.3) is 32.6 Å². The molecule has 186 valence electrons. The maximum Gasteiger partial charge on any atom is 0.275 e. The molecule has 5 N–H and O–H groups in total. The first-order valence-electron chi connectivity index (χ1n) is 11.2. The van der Waals surface area contributed by atoms with Gasteiger partial charge in [0, 0.05) is 52.4 Å². The van der Waals surface area contributed by atoms with Crippen LogP contribution in [0.5, 0.6) is 0 Å². The maximum atomic E-state index is 13.2. The normalized spacial score (nSPS) is 11.0. The van der Waals surface area contributed by atoms with Crippen LogP contribution in [0.1, 0.15) is 10.5 Å². The van der Waals surface area contributed by atoms with E-state index in [-0.39, 0.29) is 19.1 Å². The van der Waals surface area contributed by atoms with E-state index < -0.39 is 5.91 Å². The fraction of sp³-hybridized carbons (Fsp3) is 0.120. The molecule has 37 heavy (non-hydrogen) atoms. The molecule has 0 unspecified atom stereocenters. The van der Waals surface area contributed by atoms with Crippen molar-refractivity contribution in [2.75, 3.05) is 24.3 Å².